The number of hydrogen-bond acceptors (Lipinski definition) is 3. The Kier molecular flexibility index (Phi) is 7.81. The molecule has 2 N–H and O–H groups in total. The van der Waals surface area contributed by atoms with E-state index in [2.05, 4.69) is 10.2 Å². The summed E-state index contributed by atoms with van der Waals surface area (Å²) in [7, 11) is 0. The number of benzene rings is 1. The van der Waals surface area contributed by atoms with Crippen molar-refractivity contribution >= 4 is 5.91 Å². The number of nitrogens with zero attached hydrogens (tertiary/aromatic N) is 1. The van der Waals surface area contributed by atoms with E-state index < -0.39 is 17.4 Å². The van der Waals surface area contributed by atoms with Crippen molar-refractivity contribution in [3.63, 3.8) is 0 Å². The van der Waals surface area contributed by atoms with E-state index in [0.717, 1.165) is 58.5 Å². The Balaban J connectivity index is 1.55. The van der Waals surface area contributed by atoms with Crippen LogP contribution in [0.1, 0.15) is 57.4 Å². The number of allylic oxidation sites excluding steroid dienone is 1. The van der Waals surface area contributed by atoms with Gasteiger partial charge < -0.3 is 15.3 Å². The fourth-order valence-corrected chi connectivity index (χ4v) is 4.76. The molecular weight excluding hydrogens is 405 g/mol. The summed E-state index contributed by atoms with van der Waals surface area (Å²) in [6.45, 7) is 3.11. The van der Waals surface area contributed by atoms with Crippen molar-refractivity contribution in [2.45, 2.75) is 69.7 Å². The zero-order valence-corrected chi connectivity index (χ0v) is 18.1. The van der Waals surface area contributed by atoms with Crippen LogP contribution in [-0.4, -0.2) is 47.8 Å². The number of carbonyl (C=O) groups is 1. The van der Waals surface area contributed by atoms with E-state index in [1.54, 1.807) is 0 Å². The van der Waals surface area contributed by atoms with Gasteiger partial charge in [-0.15, -0.1) is 0 Å². The molecule has 0 radical (unpaired) electrons. The van der Waals surface area contributed by atoms with Gasteiger partial charge in [0.1, 0.15) is 0 Å². The van der Waals surface area contributed by atoms with Crippen molar-refractivity contribution in [1.29, 1.82) is 0 Å². The molecule has 0 bridgehead atoms. The highest BCUT2D eigenvalue weighted by molar-refractivity contribution is 5.87. The van der Waals surface area contributed by atoms with E-state index in [0.29, 0.717) is 18.5 Å². The minimum absolute atomic E-state index is 0.0344. The van der Waals surface area contributed by atoms with Crippen molar-refractivity contribution < 1.29 is 23.1 Å². The predicted molar refractivity (Wildman–Crippen MR) is 114 cm³/mol. The summed E-state index contributed by atoms with van der Waals surface area (Å²) in [6.07, 6.45) is 2.51. The van der Waals surface area contributed by atoms with Gasteiger partial charge in [-0.1, -0.05) is 49.2 Å². The third kappa shape index (κ3) is 5.89. The molecule has 0 spiro atoms. The van der Waals surface area contributed by atoms with E-state index in [9.17, 15) is 23.1 Å². The number of nitrogens with one attached hydrogen (secondary N) is 1. The summed E-state index contributed by atoms with van der Waals surface area (Å²) in [5.41, 5.74) is -1.43. The molecule has 3 rings (SSSR count). The Morgan fingerprint density at radius 1 is 1.13 bits per heavy atom. The van der Waals surface area contributed by atoms with Gasteiger partial charge in [-0.3, -0.25) is 4.79 Å². The molecule has 1 aromatic carbocycles. The molecule has 0 aromatic heterocycles. The summed E-state index contributed by atoms with van der Waals surface area (Å²) in [5, 5.41) is 14.6. The van der Waals surface area contributed by atoms with Gasteiger partial charge in [-0.2, -0.15) is 13.2 Å². The molecule has 31 heavy (non-hydrogen) atoms. The molecule has 2 fully saturated rings. The zero-order valence-electron chi connectivity index (χ0n) is 18.1. The molecule has 2 aliphatic rings. The van der Waals surface area contributed by atoms with Crippen LogP contribution < -0.4 is 5.32 Å². The monoisotopic (exact) mass is 438 g/mol. The van der Waals surface area contributed by atoms with Gasteiger partial charge in [-0.25, -0.2) is 0 Å². The van der Waals surface area contributed by atoms with Crippen LogP contribution in [0.3, 0.4) is 0 Å². The smallest absolute Gasteiger partial charge is 0.375 e. The summed E-state index contributed by atoms with van der Waals surface area (Å²) >= 11 is 0. The second-order valence-electron chi connectivity index (χ2n) is 8.88. The highest BCUT2D eigenvalue weighted by atomic mass is 19.4. The Bertz CT molecular complexity index is 752. The molecule has 1 unspecified atom stereocenters. The van der Waals surface area contributed by atoms with Gasteiger partial charge >= 0.3 is 6.18 Å². The molecule has 1 aromatic rings. The Morgan fingerprint density at radius 3 is 2.32 bits per heavy atom. The van der Waals surface area contributed by atoms with Gasteiger partial charge in [-0.05, 0) is 44.6 Å². The summed E-state index contributed by atoms with van der Waals surface area (Å²) in [4.78, 5) is 15.4. The van der Waals surface area contributed by atoms with Crippen LogP contribution in [0.2, 0.25) is 0 Å². The van der Waals surface area contributed by atoms with E-state index in [-0.39, 0.29) is 17.9 Å². The lowest BCUT2D eigenvalue weighted by molar-refractivity contribution is -0.148. The summed E-state index contributed by atoms with van der Waals surface area (Å²) in [6, 6.07) is 9.16. The lowest BCUT2D eigenvalue weighted by Gasteiger charge is -2.37. The van der Waals surface area contributed by atoms with Crippen LogP contribution in [0, 0.1) is 5.92 Å². The lowest BCUT2D eigenvalue weighted by atomic mass is 9.79. The SMILES string of the molecule is C/C(=C/CCN1CCC(NC(=O)C(O)(c2ccccc2)C2CCCC2)CC1)C(F)(F)F. The Hall–Kier alpha value is -1.86. The topological polar surface area (TPSA) is 52.6 Å². The number of hydrogen-bond donors (Lipinski definition) is 2. The van der Waals surface area contributed by atoms with Crippen molar-refractivity contribution in [2.75, 3.05) is 19.6 Å². The maximum atomic E-state index is 13.3. The lowest BCUT2D eigenvalue weighted by Crippen LogP contribution is -2.54. The van der Waals surface area contributed by atoms with E-state index in [1.165, 1.54) is 6.08 Å². The molecule has 1 amide bonds. The van der Waals surface area contributed by atoms with Crippen molar-refractivity contribution in [3.05, 3.63) is 47.5 Å². The van der Waals surface area contributed by atoms with Gasteiger partial charge in [0.05, 0.1) is 0 Å². The standard InChI is InChI=1S/C24H33F3N2O2/c1-18(24(25,26)27)8-7-15-29-16-13-21(14-17-29)28-22(30)23(31,20-11-5-6-12-20)19-9-3-2-4-10-19/h2-4,8-10,20-21,31H,5-7,11-17H2,1H3,(H,28,30)/b18-8-. The third-order valence-corrected chi connectivity index (χ3v) is 6.77. The second-order valence-corrected chi connectivity index (χ2v) is 8.88. The Morgan fingerprint density at radius 2 is 1.74 bits per heavy atom. The highest BCUT2D eigenvalue weighted by Crippen LogP contribution is 2.41. The summed E-state index contributed by atoms with van der Waals surface area (Å²) < 4.78 is 37.7. The van der Waals surface area contributed by atoms with Crippen LogP contribution in [0.15, 0.2) is 42.0 Å². The normalized spacial score (nSPS) is 21.8. The predicted octanol–water partition coefficient (Wildman–Crippen LogP) is 4.54. The zero-order chi connectivity index (χ0) is 22.5. The highest BCUT2D eigenvalue weighted by Gasteiger charge is 2.46. The van der Waals surface area contributed by atoms with Crippen molar-refractivity contribution in [3.8, 4) is 0 Å². The van der Waals surface area contributed by atoms with Gasteiger partial charge in [0.15, 0.2) is 5.60 Å². The number of likely N-dealkylation sites (tertiary alicyclic amines) is 1. The molecule has 7 heteroatoms. The average molecular weight is 439 g/mol. The molecule has 172 valence electrons. The molecule has 1 heterocycles. The minimum atomic E-state index is -4.26. The number of amides is 1. The number of carbonyl (C=O) groups excluding carboxylic acids is 1. The maximum absolute atomic E-state index is 13.3. The fourth-order valence-electron chi connectivity index (χ4n) is 4.76. The number of rotatable bonds is 7. The summed E-state index contributed by atoms with van der Waals surface area (Å²) in [5.74, 6) is -0.411. The number of aliphatic hydroxyl groups is 1. The quantitative estimate of drug-likeness (QED) is 0.615. The van der Waals surface area contributed by atoms with Gasteiger partial charge in [0.2, 0.25) is 0 Å². The van der Waals surface area contributed by atoms with Crippen molar-refractivity contribution in [2.24, 2.45) is 5.92 Å². The molecule has 1 saturated heterocycles. The number of piperidine rings is 1. The first-order valence-electron chi connectivity index (χ1n) is 11.3. The van der Waals surface area contributed by atoms with Gasteiger partial charge in [0.25, 0.3) is 5.91 Å². The van der Waals surface area contributed by atoms with E-state index in [1.807, 2.05) is 30.3 Å². The molecule has 1 atom stereocenters. The fraction of sp³-hybridized carbons (Fsp3) is 0.625. The van der Waals surface area contributed by atoms with E-state index in [4.69, 9.17) is 0 Å². The first-order chi connectivity index (χ1) is 14.7. The van der Waals surface area contributed by atoms with Crippen LogP contribution in [0.5, 0.6) is 0 Å². The minimum Gasteiger partial charge on any atom is -0.375 e. The van der Waals surface area contributed by atoms with E-state index >= 15 is 0 Å². The second kappa shape index (κ2) is 10.2. The number of halogens is 3. The molecule has 1 aliphatic heterocycles. The third-order valence-electron chi connectivity index (χ3n) is 6.77. The molecule has 1 saturated carbocycles. The first kappa shape index (κ1) is 23.8. The molecule has 1 aliphatic carbocycles. The van der Waals surface area contributed by atoms with Crippen molar-refractivity contribution in [1.82, 2.24) is 10.2 Å². The number of alkyl halides is 3. The molecular formula is C24H33F3N2O2. The van der Waals surface area contributed by atoms with Crippen LogP contribution in [0.4, 0.5) is 13.2 Å². The average Bonchev–Trinajstić information content (AvgIpc) is 3.29. The Labute approximate surface area is 182 Å². The van der Waals surface area contributed by atoms with Crippen LogP contribution in [-0.2, 0) is 10.4 Å². The van der Waals surface area contributed by atoms with Gasteiger partial charge in [0, 0.05) is 37.2 Å². The van der Waals surface area contributed by atoms with Crippen LogP contribution >= 0.6 is 0 Å². The largest absolute Gasteiger partial charge is 0.412 e. The first-order valence-corrected chi connectivity index (χ1v) is 11.3. The molecule has 4 nitrogen and oxygen atoms in total. The maximum Gasteiger partial charge on any atom is 0.412 e. The van der Waals surface area contributed by atoms with Crippen LogP contribution in [0.25, 0.3) is 0 Å².